The van der Waals surface area contributed by atoms with Crippen LogP contribution in [-0.4, -0.2) is 27.4 Å². The molecular formula is C11H22O2Si. The molecule has 3 heteroatoms. The number of hydrogen-bond donors (Lipinski definition) is 0. The molecular weight excluding hydrogens is 192 g/mol. The predicted molar refractivity (Wildman–Crippen MR) is 60.1 cm³/mol. The number of rotatable bonds is 4. The highest BCUT2D eigenvalue weighted by molar-refractivity contribution is 6.53. The first-order valence-corrected chi connectivity index (χ1v) is 7.97. The lowest BCUT2D eigenvalue weighted by Gasteiger charge is -2.28. The van der Waals surface area contributed by atoms with Crippen LogP contribution in [0.4, 0.5) is 0 Å². The van der Waals surface area contributed by atoms with Crippen molar-refractivity contribution in [3.63, 3.8) is 0 Å². The van der Waals surface area contributed by atoms with Gasteiger partial charge in [0.2, 0.25) is 0 Å². The van der Waals surface area contributed by atoms with E-state index in [1.807, 2.05) is 0 Å². The fourth-order valence-electron chi connectivity index (χ4n) is 2.66. The lowest BCUT2D eigenvalue weighted by molar-refractivity contribution is 0.231. The van der Waals surface area contributed by atoms with Crippen molar-refractivity contribution in [3.05, 3.63) is 0 Å². The average Bonchev–Trinajstić information content (AvgIpc) is 2.91. The molecule has 0 bridgehead atoms. The van der Waals surface area contributed by atoms with Crippen molar-refractivity contribution < 1.29 is 9.16 Å². The van der Waals surface area contributed by atoms with E-state index in [9.17, 15) is 0 Å². The normalized spacial score (nSPS) is 38.1. The van der Waals surface area contributed by atoms with Gasteiger partial charge in [0, 0.05) is 6.10 Å². The molecule has 0 aromatic carbocycles. The highest BCUT2D eigenvalue weighted by atomic mass is 28.3. The Morgan fingerprint density at radius 2 is 2.14 bits per heavy atom. The summed E-state index contributed by atoms with van der Waals surface area (Å²) in [7, 11) is -0.944. The molecule has 2 aliphatic rings. The van der Waals surface area contributed by atoms with Gasteiger partial charge < -0.3 is 9.16 Å². The van der Waals surface area contributed by atoms with E-state index in [0.29, 0.717) is 18.3 Å². The van der Waals surface area contributed by atoms with Crippen LogP contribution in [-0.2, 0) is 9.16 Å². The quantitative estimate of drug-likeness (QED) is 0.530. The molecule has 2 fully saturated rings. The number of ether oxygens (including phenoxy) is 1. The third-order valence-corrected chi connectivity index (χ3v) is 6.78. The summed E-state index contributed by atoms with van der Waals surface area (Å²) in [4.78, 5) is 0. The lowest BCUT2D eigenvalue weighted by atomic mass is 10.0. The number of fused-ring (bicyclic) bond motifs is 1. The van der Waals surface area contributed by atoms with E-state index in [2.05, 4.69) is 20.8 Å². The average molecular weight is 214 g/mol. The van der Waals surface area contributed by atoms with Gasteiger partial charge in [-0.2, -0.15) is 0 Å². The molecule has 1 aliphatic carbocycles. The van der Waals surface area contributed by atoms with Crippen LogP contribution in [0, 0.1) is 0 Å². The van der Waals surface area contributed by atoms with Gasteiger partial charge in [0.15, 0.2) is 9.04 Å². The minimum atomic E-state index is -0.944. The molecule has 1 aliphatic heterocycles. The highest BCUT2D eigenvalue weighted by Crippen LogP contribution is 2.44. The van der Waals surface area contributed by atoms with Gasteiger partial charge in [-0.15, -0.1) is 0 Å². The van der Waals surface area contributed by atoms with Gasteiger partial charge in [0.05, 0.1) is 12.2 Å². The van der Waals surface area contributed by atoms with Crippen LogP contribution >= 0.6 is 0 Å². The Morgan fingerprint density at radius 1 is 1.36 bits per heavy atom. The van der Waals surface area contributed by atoms with Crippen LogP contribution < -0.4 is 0 Å². The van der Waals surface area contributed by atoms with Crippen molar-refractivity contribution in [1.82, 2.24) is 0 Å². The smallest absolute Gasteiger partial charge is 0.180 e. The zero-order valence-electron chi connectivity index (χ0n) is 9.53. The van der Waals surface area contributed by atoms with Gasteiger partial charge >= 0.3 is 0 Å². The van der Waals surface area contributed by atoms with E-state index in [1.165, 1.54) is 25.3 Å². The van der Waals surface area contributed by atoms with Gasteiger partial charge in [0.25, 0.3) is 0 Å². The molecule has 2 nitrogen and oxygen atoms in total. The second kappa shape index (κ2) is 4.33. The van der Waals surface area contributed by atoms with Crippen LogP contribution in [0.1, 0.15) is 40.0 Å². The van der Waals surface area contributed by atoms with Crippen LogP contribution in [0.3, 0.4) is 0 Å². The van der Waals surface area contributed by atoms with E-state index in [4.69, 9.17) is 9.16 Å². The second-order valence-electron chi connectivity index (χ2n) is 4.92. The van der Waals surface area contributed by atoms with Crippen molar-refractivity contribution in [3.8, 4) is 0 Å². The van der Waals surface area contributed by atoms with E-state index in [0.717, 1.165) is 5.54 Å². The molecule has 1 saturated heterocycles. The summed E-state index contributed by atoms with van der Waals surface area (Å²) in [6.07, 6.45) is 5.62. The Bertz CT molecular complexity index is 194. The summed E-state index contributed by atoms with van der Waals surface area (Å²) in [5.74, 6) is 0. The molecule has 0 radical (unpaired) electrons. The maximum absolute atomic E-state index is 6.09. The predicted octanol–water partition coefficient (Wildman–Crippen LogP) is 2.48. The SMILES string of the molecule is CC[SiH](OC(C)C)C1CCC2OC2C1. The van der Waals surface area contributed by atoms with Crippen LogP contribution in [0.25, 0.3) is 0 Å². The minimum Gasteiger partial charge on any atom is -0.417 e. The Kier molecular flexibility index (Phi) is 3.29. The summed E-state index contributed by atoms with van der Waals surface area (Å²) >= 11 is 0. The minimum absolute atomic E-state index is 0.421. The highest BCUT2D eigenvalue weighted by Gasteiger charge is 2.46. The molecule has 14 heavy (non-hydrogen) atoms. The monoisotopic (exact) mass is 214 g/mol. The first kappa shape index (κ1) is 10.6. The van der Waals surface area contributed by atoms with Gasteiger partial charge in [-0.05, 0) is 44.7 Å². The Hall–Kier alpha value is 0.137. The van der Waals surface area contributed by atoms with Crippen molar-refractivity contribution >= 4 is 9.04 Å². The molecule has 0 aromatic heterocycles. The molecule has 0 aromatic rings. The zero-order valence-corrected chi connectivity index (χ0v) is 10.7. The number of hydrogen-bond acceptors (Lipinski definition) is 2. The van der Waals surface area contributed by atoms with Crippen molar-refractivity contribution in [2.24, 2.45) is 0 Å². The summed E-state index contributed by atoms with van der Waals surface area (Å²) in [6.45, 7) is 6.61. The molecule has 4 atom stereocenters. The fourth-order valence-corrected chi connectivity index (χ4v) is 5.58. The Morgan fingerprint density at radius 3 is 2.71 bits per heavy atom. The van der Waals surface area contributed by atoms with Crippen molar-refractivity contribution in [2.45, 2.75) is 69.9 Å². The fraction of sp³-hybridized carbons (Fsp3) is 1.00. The third-order valence-electron chi connectivity index (χ3n) is 3.42. The van der Waals surface area contributed by atoms with Gasteiger partial charge in [0.1, 0.15) is 0 Å². The van der Waals surface area contributed by atoms with Crippen LogP contribution in [0.2, 0.25) is 11.6 Å². The van der Waals surface area contributed by atoms with E-state index in [-0.39, 0.29) is 0 Å². The molecule has 0 amide bonds. The van der Waals surface area contributed by atoms with Gasteiger partial charge in [-0.3, -0.25) is 0 Å². The molecule has 4 unspecified atom stereocenters. The van der Waals surface area contributed by atoms with E-state index in [1.54, 1.807) is 0 Å². The summed E-state index contributed by atoms with van der Waals surface area (Å²) in [5, 5.41) is 0. The zero-order chi connectivity index (χ0) is 10.1. The third kappa shape index (κ3) is 2.38. The summed E-state index contributed by atoms with van der Waals surface area (Å²) in [5.41, 5.74) is 0.881. The molecule has 1 heterocycles. The molecule has 0 spiro atoms. The lowest BCUT2D eigenvalue weighted by Crippen LogP contribution is -2.30. The maximum atomic E-state index is 6.09. The maximum Gasteiger partial charge on any atom is 0.180 e. The van der Waals surface area contributed by atoms with E-state index < -0.39 is 9.04 Å². The Balaban J connectivity index is 1.84. The molecule has 0 N–H and O–H groups in total. The van der Waals surface area contributed by atoms with Crippen LogP contribution in [0.5, 0.6) is 0 Å². The Labute approximate surface area is 88.7 Å². The first-order valence-electron chi connectivity index (χ1n) is 6.01. The largest absolute Gasteiger partial charge is 0.417 e. The topological polar surface area (TPSA) is 21.8 Å². The van der Waals surface area contributed by atoms with Crippen molar-refractivity contribution in [2.75, 3.05) is 0 Å². The van der Waals surface area contributed by atoms with Crippen LogP contribution in [0.15, 0.2) is 0 Å². The van der Waals surface area contributed by atoms with Gasteiger partial charge in [-0.25, -0.2) is 0 Å². The second-order valence-corrected chi connectivity index (χ2v) is 8.03. The first-order chi connectivity index (χ1) is 6.70. The van der Waals surface area contributed by atoms with Crippen molar-refractivity contribution in [1.29, 1.82) is 0 Å². The molecule has 2 rings (SSSR count). The summed E-state index contributed by atoms with van der Waals surface area (Å²) < 4.78 is 11.7. The number of epoxide rings is 1. The van der Waals surface area contributed by atoms with Gasteiger partial charge in [-0.1, -0.05) is 6.92 Å². The standard InChI is InChI=1S/C11H22O2Si/c1-4-14(13-8(2)3)9-5-6-10-11(7-9)12-10/h8-11,14H,4-7H2,1-3H3. The molecule has 82 valence electrons. The van der Waals surface area contributed by atoms with E-state index >= 15 is 0 Å². The summed E-state index contributed by atoms with van der Waals surface area (Å²) in [6, 6.07) is 1.28. The molecule has 1 saturated carbocycles.